The average Bonchev–Trinajstić information content (AvgIpc) is 1.99. The molecule has 0 amide bonds. The quantitative estimate of drug-likeness (QED) is 0.751. The Morgan fingerprint density at radius 3 is 2.47 bits per heavy atom. The van der Waals surface area contributed by atoms with E-state index >= 15 is 0 Å². The molecule has 0 aromatic heterocycles. The number of aliphatic hydroxyl groups is 1. The van der Waals surface area contributed by atoms with E-state index in [2.05, 4.69) is 25.7 Å². The highest BCUT2D eigenvalue weighted by atomic mass is 16.5. The van der Waals surface area contributed by atoms with Gasteiger partial charge in [-0.1, -0.05) is 20.8 Å². The molecule has 0 aromatic carbocycles. The fourth-order valence-electron chi connectivity index (χ4n) is 1.91. The van der Waals surface area contributed by atoms with Crippen molar-refractivity contribution in [3.63, 3.8) is 0 Å². The number of aliphatic hydroxyl groups excluding tert-OH is 1. The standard InChI is InChI=1S/C12H25NO2/c1-12(2,3)10-7-13(8-10)6-5-11(14)9-15-4/h10-11,14H,5-9H2,1-4H3. The highest BCUT2D eigenvalue weighted by Gasteiger charge is 2.35. The van der Waals surface area contributed by atoms with Crippen LogP contribution in [0.5, 0.6) is 0 Å². The number of nitrogens with zero attached hydrogens (tertiary/aromatic N) is 1. The Bertz CT molecular complexity index is 183. The molecule has 0 spiro atoms. The molecule has 1 atom stereocenters. The number of hydrogen-bond acceptors (Lipinski definition) is 3. The second-order valence-corrected chi connectivity index (χ2v) is 5.72. The second-order valence-electron chi connectivity index (χ2n) is 5.72. The Labute approximate surface area is 93.4 Å². The molecule has 1 rings (SSSR count). The van der Waals surface area contributed by atoms with Gasteiger partial charge >= 0.3 is 0 Å². The van der Waals surface area contributed by atoms with Crippen LogP contribution < -0.4 is 0 Å². The third kappa shape index (κ3) is 4.09. The van der Waals surface area contributed by atoms with Crippen molar-refractivity contribution >= 4 is 0 Å². The summed E-state index contributed by atoms with van der Waals surface area (Å²) in [5.41, 5.74) is 0.432. The van der Waals surface area contributed by atoms with Crippen molar-refractivity contribution in [1.82, 2.24) is 4.90 Å². The molecule has 0 aromatic rings. The van der Waals surface area contributed by atoms with Gasteiger partial charge in [-0.25, -0.2) is 0 Å². The molecule has 1 heterocycles. The third-order valence-electron chi connectivity index (χ3n) is 3.32. The van der Waals surface area contributed by atoms with Gasteiger partial charge in [0, 0.05) is 26.7 Å². The highest BCUT2D eigenvalue weighted by molar-refractivity contribution is 4.87. The minimum Gasteiger partial charge on any atom is -0.391 e. The lowest BCUT2D eigenvalue weighted by Gasteiger charge is -2.46. The van der Waals surface area contributed by atoms with Gasteiger partial charge in [0.25, 0.3) is 0 Å². The molecule has 0 aliphatic carbocycles. The number of methoxy groups -OCH3 is 1. The van der Waals surface area contributed by atoms with Gasteiger partial charge in [-0.15, -0.1) is 0 Å². The Morgan fingerprint density at radius 2 is 2.00 bits per heavy atom. The first-order chi connectivity index (χ1) is 6.93. The predicted octanol–water partition coefficient (Wildman–Crippen LogP) is 1.36. The number of rotatable bonds is 5. The van der Waals surface area contributed by atoms with Gasteiger partial charge in [0.05, 0.1) is 12.7 Å². The lowest BCUT2D eigenvalue weighted by Crippen LogP contribution is -2.52. The van der Waals surface area contributed by atoms with Crippen LogP contribution in [0, 0.1) is 11.3 Å². The highest BCUT2D eigenvalue weighted by Crippen LogP contribution is 2.33. The van der Waals surface area contributed by atoms with E-state index < -0.39 is 0 Å². The van der Waals surface area contributed by atoms with E-state index in [4.69, 9.17) is 4.74 Å². The van der Waals surface area contributed by atoms with Crippen molar-refractivity contribution in [2.24, 2.45) is 11.3 Å². The lowest BCUT2D eigenvalue weighted by molar-refractivity contribution is 0.00302. The number of likely N-dealkylation sites (tertiary alicyclic amines) is 1. The van der Waals surface area contributed by atoms with Crippen LogP contribution in [-0.2, 0) is 4.74 Å². The van der Waals surface area contributed by atoms with Crippen molar-refractivity contribution in [3.05, 3.63) is 0 Å². The van der Waals surface area contributed by atoms with E-state index in [0.29, 0.717) is 12.0 Å². The molecule has 1 saturated heterocycles. The van der Waals surface area contributed by atoms with E-state index in [1.807, 2.05) is 0 Å². The molecule has 1 N–H and O–H groups in total. The Hall–Kier alpha value is -0.120. The maximum atomic E-state index is 9.49. The Kier molecular flexibility index (Phi) is 4.56. The molecular formula is C12H25NO2. The molecule has 0 saturated carbocycles. The van der Waals surface area contributed by atoms with Crippen LogP contribution in [0.2, 0.25) is 0 Å². The normalized spacial score (nSPS) is 21.4. The maximum absolute atomic E-state index is 9.49. The van der Waals surface area contributed by atoms with Crippen LogP contribution in [0.15, 0.2) is 0 Å². The van der Waals surface area contributed by atoms with Crippen molar-refractivity contribution in [3.8, 4) is 0 Å². The first-order valence-electron chi connectivity index (χ1n) is 5.83. The van der Waals surface area contributed by atoms with Gasteiger partial charge in [0.15, 0.2) is 0 Å². The minimum absolute atomic E-state index is 0.302. The molecule has 0 bridgehead atoms. The minimum atomic E-state index is -0.302. The first kappa shape index (κ1) is 12.9. The summed E-state index contributed by atoms with van der Waals surface area (Å²) >= 11 is 0. The fraction of sp³-hybridized carbons (Fsp3) is 1.00. The molecule has 3 heteroatoms. The summed E-state index contributed by atoms with van der Waals surface area (Å²) in [6.45, 7) is 10.7. The second kappa shape index (κ2) is 5.28. The summed E-state index contributed by atoms with van der Waals surface area (Å²) < 4.78 is 4.89. The monoisotopic (exact) mass is 215 g/mol. The van der Waals surface area contributed by atoms with Crippen molar-refractivity contribution < 1.29 is 9.84 Å². The Balaban J connectivity index is 2.08. The summed E-state index contributed by atoms with van der Waals surface area (Å²) in [4.78, 5) is 2.41. The molecule has 3 nitrogen and oxygen atoms in total. The molecule has 1 unspecified atom stereocenters. The van der Waals surface area contributed by atoms with E-state index in [0.717, 1.165) is 18.9 Å². The van der Waals surface area contributed by atoms with Gasteiger partial charge < -0.3 is 14.7 Å². The molecule has 90 valence electrons. The van der Waals surface area contributed by atoms with Gasteiger partial charge in [-0.2, -0.15) is 0 Å². The summed E-state index contributed by atoms with van der Waals surface area (Å²) in [6, 6.07) is 0. The molecular weight excluding hydrogens is 190 g/mol. The summed E-state index contributed by atoms with van der Waals surface area (Å²) in [7, 11) is 1.63. The Morgan fingerprint density at radius 1 is 1.40 bits per heavy atom. The number of ether oxygens (including phenoxy) is 1. The van der Waals surface area contributed by atoms with Gasteiger partial charge in [-0.05, 0) is 17.8 Å². The topological polar surface area (TPSA) is 32.7 Å². The third-order valence-corrected chi connectivity index (χ3v) is 3.32. The number of hydrogen-bond donors (Lipinski definition) is 1. The predicted molar refractivity (Wildman–Crippen MR) is 61.9 cm³/mol. The van der Waals surface area contributed by atoms with Crippen molar-refractivity contribution in [2.75, 3.05) is 33.4 Å². The average molecular weight is 215 g/mol. The summed E-state index contributed by atoms with van der Waals surface area (Å²) in [5.74, 6) is 0.817. The maximum Gasteiger partial charge on any atom is 0.0785 e. The van der Waals surface area contributed by atoms with Gasteiger partial charge in [-0.3, -0.25) is 0 Å². The summed E-state index contributed by atoms with van der Waals surface area (Å²) in [6.07, 6.45) is 0.522. The molecule has 1 aliphatic rings. The zero-order chi connectivity index (χ0) is 11.5. The lowest BCUT2D eigenvalue weighted by atomic mass is 9.76. The molecule has 15 heavy (non-hydrogen) atoms. The molecule has 0 radical (unpaired) electrons. The van der Waals surface area contributed by atoms with Gasteiger partial charge in [0.2, 0.25) is 0 Å². The van der Waals surface area contributed by atoms with Crippen LogP contribution >= 0.6 is 0 Å². The van der Waals surface area contributed by atoms with Crippen LogP contribution in [0.4, 0.5) is 0 Å². The van der Waals surface area contributed by atoms with Crippen molar-refractivity contribution in [2.45, 2.75) is 33.3 Å². The van der Waals surface area contributed by atoms with E-state index in [9.17, 15) is 5.11 Å². The summed E-state index contributed by atoms with van der Waals surface area (Å²) in [5, 5.41) is 9.49. The van der Waals surface area contributed by atoms with Crippen molar-refractivity contribution in [1.29, 1.82) is 0 Å². The zero-order valence-electron chi connectivity index (χ0n) is 10.5. The largest absolute Gasteiger partial charge is 0.391 e. The van der Waals surface area contributed by atoms with Crippen LogP contribution in [0.1, 0.15) is 27.2 Å². The van der Waals surface area contributed by atoms with E-state index in [1.165, 1.54) is 13.1 Å². The van der Waals surface area contributed by atoms with Crippen LogP contribution in [-0.4, -0.2) is 49.5 Å². The molecule has 1 aliphatic heterocycles. The smallest absolute Gasteiger partial charge is 0.0785 e. The van der Waals surface area contributed by atoms with E-state index in [1.54, 1.807) is 7.11 Å². The van der Waals surface area contributed by atoms with Crippen LogP contribution in [0.25, 0.3) is 0 Å². The molecule has 1 fully saturated rings. The zero-order valence-corrected chi connectivity index (χ0v) is 10.5. The van der Waals surface area contributed by atoms with Gasteiger partial charge in [0.1, 0.15) is 0 Å². The first-order valence-corrected chi connectivity index (χ1v) is 5.83. The van der Waals surface area contributed by atoms with E-state index in [-0.39, 0.29) is 6.10 Å². The SMILES string of the molecule is COCC(O)CCN1CC(C(C)(C)C)C1. The van der Waals surface area contributed by atoms with Crippen LogP contribution in [0.3, 0.4) is 0 Å². The fourth-order valence-corrected chi connectivity index (χ4v) is 1.91.